The van der Waals surface area contributed by atoms with Crippen LogP contribution in [0.4, 0.5) is 0 Å². The quantitative estimate of drug-likeness (QED) is 0.409. The van der Waals surface area contributed by atoms with Crippen molar-refractivity contribution in [2.75, 3.05) is 20.2 Å². The van der Waals surface area contributed by atoms with Gasteiger partial charge in [-0.3, -0.25) is 4.79 Å². The first-order chi connectivity index (χ1) is 9.09. The minimum atomic E-state index is -1.84. The molecule has 4 unspecified atom stereocenters. The lowest BCUT2D eigenvalue weighted by Gasteiger charge is -2.27. The number of likely N-dealkylation sites (N-methyl/N-ethyl adjacent to an activating group) is 1. The van der Waals surface area contributed by atoms with E-state index in [4.69, 9.17) is 10.2 Å². The number of amides is 1. The molecular formula is C13H29NO6. The van der Waals surface area contributed by atoms with Crippen molar-refractivity contribution in [2.24, 2.45) is 5.92 Å². The van der Waals surface area contributed by atoms with E-state index in [1.54, 1.807) is 6.92 Å². The number of aliphatic hydroxyl groups is 5. The van der Waals surface area contributed by atoms with Crippen LogP contribution >= 0.6 is 0 Å². The summed E-state index contributed by atoms with van der Waals surface area (Å²) >= 11 is 0. The van der Waals surface area contributed by atoms with Crippen molar-refractivity contribution < 1.29 is 30.3 Å². The number of carbonyl (C=O) groups excluding carboxylic acids is 1. The minimum absolute atomic E-state index is 0.335. The third-order valence-electron chi connectivity index (χ3n) is 2.36. The molecule has 0 spiro atoms. The summed E-state index contributed by atoms with van der Waals surface area (Å²) < 4.78 is 0. The maximum Gasteiger partial charge on any atom is 0.253 e. The predicted molar refractivity (Wildman–Crippen MR) is 74.9 cm³/mol. The molecule has 0 radical (unpaired) electrons. The van der Waals surface area contributed by atoms with Gasteiger partial charge in [0.25, 0.3) is 5.91 Å². The second kappa shape index (κ2) is 11.0. The Morgan fingerprint density at radius 1 is 1.05 bits per heavy atom. The van der Waals surface area contributed by atoms with E-state index in [0.717, 1.165) is 10.8 Å². The van der Waals surface area contributed by atoms with E-state index in [1.165, 1.54) is 7.05 Å². The highest BCUT2D eigenvalue weighted by Gasteiger charge is 2.35. The Bertz CT molecular complexity index is 258. The van der Waals surface area contributed by atoms with Crippen molar-refractivity contribution in [3.8, 4) is 0 Å². The highest BCUT2D eigenvalue weighted by Crippen LogP contribution is 2.07. The molecule has 0 aromatic heterocycles. The Morgan fingerprint density at radius 2 is 1.45 bits per heavy atom. The molecule has 5 N–H and O–H groups in total. The van der Waals surface area contributed by atoms with Gasteiger partial charge < -0.3 is 30.4 Å². The summed E-state index contributed by atoms with van der Waals surface area (Å²) in [6.45, 7) is 7.74. The Morgan fingerprint density at radius 3 is 1.75 bits per heavy atom. The van der Waals surface area contributed by atoms with Crippen LogP contribution in [-0.2, 0) is 4.79 Å². The molecule has 4 atom stereocenters. The van der Waals surface area contributed by atoms with Crippen LogP contribution in [0.25, 0.3) is 0 Å². The van der Waals surface area contributed by atoms with Crippen LogP contribution in [0, 0.1) is 5.92 Å². The third-order valence-corrected chi connectivity index (χ3v) is 2.36. The average molecular weight is 295 g/mol. The summed E-state index contributed by atoms with van der Waals surface area (Å²) in [5, 5.41) is 45.6. The fourth-order valence-corrected chi connectivity index (χ4v) is 1.05. The van der Waals surface area contributed by atoms with E-state index in [1.807, 2.05) is 0 Å². The molecule has 0 rings (SSSR count). The zero-order chi connectivity index (χ0) is 16.5. The van der Waals surface area contributed by atoms with Gasteiger partial charge in [-0.2, -0.15) is 0 Å². The lowest BCUT2D eigenvalue weighted by molar-refractivity contribution is -0.157. The van der Waals surface area contributed by atoms with E-state index >= 15 is 0 Å². The second-order valence-electron chi connectivity index (χ2n) is 5.26. The van der Waals surface area contributed by atoms with Crippen LogP contribution in [0.3, 0.4) is 0 Å². The Kier molecular flexibility index (Phi) is 11.8. The first-order valence-corrected chi connectivity index (χ1v) is 6.68. The van der Waals surface area contributed by atoms with Gasteiger partial charge in [-0.15, -0.1) is 0 Å². The highest BCUT2D eigenvalue weighted by atomic mass is 16.4. The monoisotopic (exact) mass is 295 g/mol. The molecule has 0 aliphatic heterocycles. The molecule has 0 aliphatic carbocycles. The Labute approximate surface area is 120 Å². The highest BCUT2D eigenvalue weighted by molar-refractivity contribution is 5.81. The number of carbonyl (C=O) groups is 1. The molecule has 0 aliphatic rings. The van der Waals surface area contributed by atoms with Crippen LogP contribution in [-0.4, -0.2) is 81.0 Å². The first-order valence-electron chi connectivity index (χ1n) is 6.68. The summed E-state index contributed by atoms with van der Waals surface area (Å²) in [6, 6.07) is 0. The van der Waals surface area contributed by atoms with Gasteiger partial charge >= 0.3 is 0 Å². The van der Waals surface area contributed by atoms with Crippen molar-refractivity contribution in [2.45, 2.75) is 52.1 Å². The van der Waals surface area contributed by atoms with E-state index < -0.39 is 36.9 Å². The normalized spacial score (nSPS) is 16.8. The van der Waals surface area contributed by atoms with Crippen LogP contribution < -0.4 is 0 Å². The minimum Gasteiger partial charge on any atom is -0.394 e. The van der Waals surface area contributed by atoms with E-state index in [0.29, 0.717) is 6.54 Å². The molecule has 0 aromatic carbocycles. The average Bonchev–Trinajstić information content (AvgIpc) is 2.41. The van der Waals surface area contributed by atoms with Gasteiger partial charge in [0.1, 0.15) is 18.3 Å². The van der Waals surface area contributed by atoms with Crippen molar-refractivity contribution in [1.29, 1.82) is 0 Å². The summed E-state index contributed by atoms with van der Waals surface area (Å²) in [4.78, 5) is 12.6. The van der Waals surface area contributed by atoms with Crippen molar-refractivity contribution in [1.82, 2.24) is 4.90 Å². The van der Waals surface area contributed by atoms with Gasteiger partial charge in [-0.05, 0) is 12.8 Å². The van der Waals surface area contributed by atoms with Gasteiger partial charge in [-0.25, -0.2) is 0 Å². The SMILES string of the molecule is CC(C)C.CCN(C)C(=O)C(O)C(O)C(O)C(O)CO. The molecule has 0 heterocycles. The van der Waals surface area contributed by atoms with Crippen LogP contribution in [0.5, 0.6) is 0 Å². The molecule has 0 aromatic rings. The molecule has 1 amide bonds. The first kappa shape index (κ1) is 21.6. The zero-order valence-electron chi connectivity index (χ0n) is 12.9. The maximum absolute atomic E-state index is 11.4. The van der Waals surface area contributed by atoms with Gasteiger partial charge in [-0.1, -0.05) is 20.8 Å². The van der Waals surface area contributed by atoms with Gasteiger partial charge in [0, 0.05) is 13.6 Å². The second-order valence-corrected chi connectivity index (χ2v) is 5.26. The van der Waals surface area contributed by atoms with Crippen LogP contribution in [0.15, 0.2) is 0 Å². The van der Waals surface area contributed by atoms with Gasteiger partial charge in [0.15, 0.2) is 6.10 Å². The number of nitrogens with zero attached hydrogens (tertiary/aromatic N) is 1. The number of aliphatic hydroxyl groups excluding tert-OH is 5. The predicted octanol–water partition coefficient (Wildman–Crippen LogP) is -1.44. The molecule has 20 heavy (non-hydrogen) atoms. The molecule has 7 heteroatoms. The molecule has 0 bridgehead atoms. The zero-order valence-corrected chi connectivity index (χ0v) is 12.9. The lowest BCUT2D eigenvalue weighted by atomic mass is 10.0. The molecule has 0 saturated heterocycles. The fourth-order valence-electron chi connectivity index (χ4n) is 1.05. The largest absolute Gasteiger partial charge is 0.394 e. The molecule has 7 nitrogen and oxygen atoms in total. The Hall–Kier alpha value is -0.730. The maximum atomic E-state index is 11.4. The lowest BCUT2D eigenvalue weighted by Crippen LogP contribution is -2.51. The Balaban J connectivity index is 0. The fraction of sp³-hybridized carbons (Fsp3) is 0.923. The van der Waals surface area contributed by atoms with Crippen molar-refractivity contribution in [3.05, 3.63) is 0 Å². The summed E-state index contributed by atoms with van der Waals surface area (Å²) in [5.74, 6) is 0.0687. The van der Waals surface area contributed by atoms with E-state index in [2.05, 4.69) is 20.8 Å². The summed E-state index contributed by atoms with van der Waals surface area (Å²) in [6.07, 6.45) is -7.07. The smallest absolute Gasteiger partial charge is 0.253 e. The number of hydrogen-bond acceptors (Lipinski definition) is 6. The number of hydrogen-bond donors (Lipinski definition) is 5. The molecule has 0 saturated carbocycles. The van der Waals surface area contributed by atoms with Gasteiger partial charge in [0.05, 0.1) is 6.61 Å². The third kappa shape index (κ3) is 8.44. The standard InChI is InChI=1S/C9H19NO6.C4H10/c1-3-10(2)9(16)8(15)7(14)6(13)5(12)4-11;1-4(2)3/h5-8,11-15H,3-4H2,1-2H3;4H,1-3H3. The van der Waals surface area contributed by atoms with E-state index in [-0.39, 0.29) is 0 Å². The van der Waals surface area contributed by atoms with E-state index in [9.17, 15) is 20.1 Å². The summed E-state index contributed by atoms with van der Waals surface area (Å²) in [7, 11) is 1.42. The van der Waals surface area contributed by atoms with Crippen molar-refractivity contribution in [3.63, 3.8) is 0 Å². The van der Waals surface area contributed by atoms with Crippen LogP contribution in [0.1, 0.15) is 27.7 Å². The topological polar surface area (TPSA) is 121 Å². The number of rotatable bonds is 6. The summed E-state index contributed by atoms with van der Waals surface area (Å²) in [5.41, 5.74) is 0. The molecular weight excluding hydrogens is 266 g/mol. The van der Waals surface area contributed by atoms with Gasteiger partial charge in [0.2, 0.25) is 0 Å². The molecule has 122 valence electrons. The van der Waals surface area contributed by atoms with Crippen molar-refractivity contribution >= 4 is 5.91 Å². The van der Waals surface area contributed by atoms with Crippen LogP contribution in [0.2, 0.25) is 0 Å². The molecule has 0 fully saturated rings.